The number of halogens is 1. The van der Waals surface area contributed by atoms with Crippen LogP contribution in [-0.2, 0) is 17.9 Å². The number of piperazine rings is 1. The minimum Gasteiger partial charge on any atom is -0.398 e. The lowest BCUT2D eigenvalue weighted by atomic mass is 10.0. The molecule has 0 amide bonds. The van der Waals surface area contributed by atoms with Gasteiger partial charge in [0.25, 0.3) is 0 Å². The van der Waals surface area contributed by atoms with Crippen molar-refractivity contribution in [3.05, 3.63) is 71.0 Å². The van der Waals surface area contributed by atoms with Gasteiger partial charge in [0.05, 0.1) is 11.6 Å². The number of carbonyl (C=O) groups is 1. The first kappa shape index (κ1) is 20.9. The van der Waals surface area contributed by atoms with Crippen molar-refractivity contribution in [2.24, 2.45) is 0 Å². The van der Waals surface area contributed by atoms with Crippen LogP contribution in [0.2, 0.25) is 5.02 Å². The normalized spacial score (nSPS) is 20.2. The highest BCUT2D eigenvalue weighted by Crippen LogP contribution is 2.25. The molecule has 6 nitrogen and oxygen atoms in total. The Morgan fingerprint density at radius 2 is 1.97 bits per heavy atom. The number of nitrogens with zero attached hydrogens (tertiary/aromatic N) is 3. The minimum absolute atomic E-state index is 0.102. The Balaban J connectivity index is 1.31. The van der Waals surface area contributed by atoms with Gasteiger partial charge in [-0.05, 0) is 48.9 Å². The summed E-state index contributed by atoms with van der Waals surface area (Å²) in [4.78, 5) is 24.6. The first-order valence-corrected chi connectivity index (χ1v) is 11.2. The summed E-state index contributed by atoms with van der Waals surface area (Å²) in [7, 11) is 0. The third-order valence-electron chi connectivity index (χ3n) is 6.54. The highest BCUT2D eigenvalue weighted by molar-refractivity contribution is 6.31. The number of H-pyrrole nitrogens is 1. The molecular weight excluding hydrogens is 422 g/mol. The van der Waals surface area contributed by atoms with Gasteiger partial charge in [-0.2, -0.15) is 0 Å². The summed E-state index contributed by atoms with van der Waals surface area (Å²) < 4.78 is 0. The fourth-order valence-electron chi connectivity index (χ4n) is 4.75. The summed E-state index contributed by atoms with van der Waals surface area (Å²) in [6.45, 7) is 5.32. The standard InChI is InChI=1S/C25H26ClN5O/c1-16-25(15-32)31(13-17-2-4-21-22(27)6-7-28-24(21)10-17)9-8-30(16)14-20-12-18-11-19(26)3-5-23(18)29-20/h2-7,10-12,15-16,25,29H,8-9,13-14H2,1H3,(H2,27,28)/t16-,25?/m0/s1. The molecule has 0 spiro atoms. The van der Waals surface area contributed by atoms with Crippen molar-refractivity contribution in [1.82, 2.24) is 19.8 Å². The lowest BCUT2D eigenvalue weighted by Gasteiger charge is -2.44. The number of hydrogen-bond acceptors (Lipinski definition) is 5. The zero-order valence-corrected chi connectivity index (χ0v) is 18.7. The molecular formula is C25H26ClN5O. The number of rotatable bonds is 5. The Bertz CT molecular complexity index is 1290. The van der Waals surface area contributed by atoms with E-state index in [2.05, 4.69) is 44.9 Å². The topological polar surface area (TPSA) is 78.2 Å². The van der Waals surface area contributed by atoms with Crippen LogP contribution in [0.4, 0.5) is 5.69 Å². The molecule has 0 radical (unpaired) electrons. The van der Waals surface area contributed by atoms with Gasteiger partial charge in [-0.1, -0.05) is 23.7 Å². The van der Waals surface area contributed by atoms with E-state index in [0.29, 0.717) is 6.54 Å². The molecule has 0 bridgehead atoms. The first-order chi connectivity index (χ1) is 15.5. The highest BCUT2D eigenvalue weighted by atomic mass is 35.5. The lowest BCUT2D eigenvalue weighted by Crippen LogP contribution is -2.58. The number of aromatic nitrogens is 2. The second-order valence-electron chi connectivity index (χ2n) is 8.59. The van der Waals surface area contributed by atoms with Crippen LogP contribution in [0.5, 0.6) is 0 Å². The van der Waals surface area contributed by atoms with E-state index in [0.717, 1.165) is 69.7 Å². The molecule has 3 N–H and O–H groups in total. The van der Waals surface area contributed by atoms with Gasteiger partial charge in [0.15, 0.2) is 0 Å². The summed E-state index contributed by atoms with van der Waals surface area (Å²) in [6.07, 6.45) is 2.81. The molecule has 0 saturated carbocycles. The van der Waals surface area contributed by atoms with Crippen LogP contribution in [0.1, 0.15) is 18.2 Å². The molecule has 1 saturated heterocycles. The zero-order valence-electron chi connectivity index (χ0n) is 18.0. The third kappa shape index (κ3) is 3.97. The van der Waals surface area contributed by atoms with E-state index in [9.17, 15) is 4.79 Å². The molecule has 1 unspecified atom stereocenters. The number of fused-ring (bicyclic) bond motifs is 2. The number of aldehydes is 1. The Labute approximate surface area is 192 Å². The molecule has 1 aliphatic heterocycles. The Morgan fingerprint density at radius 1 is 1.12 bits per heavy atom. The van der Waals surface area contributed by atoms with Crippen LogP contribution >= 0.6 is 11.6 Å². The van der Waals surface area contributed by atoms with Gasteiger partial charge in [-0.3, -0.25) is 14.8 Å². The van der Waals surface area contributed by atoms with Crippen molar-refractivity contribution in [3.63, 3.8) is 0 Å². The number of hydrogen-bond donors (Lipinski definition) is 2. The maximum Gasteiger partial charge on any atom is 0.138 e. The number of aromatic amines is 1. The van der Waals surface area contributed by atoms with Crippen LogP contribution in [0.25, 0.3) is 21.8 Å². The number of anilines is 1. The quantitative estimate of drug-likeness (QED) is 0.448. The van der Waals surface area contributed by atoms with Crippen LogP contribution in [0, 0.1) is 0 Å². The summed E-state index contributed by atoms with van der Waals surface area (Å²) in [5, 5.41) is 2.80. The minimum atomic E-state index is -0.174. The Morgan fingerprint density at radius 3 is 2.81 bits per heavy atom. The number of nitrogens with one attached hydrogen (secondary N) is 1. The SMILES string of the molecule is C[C@H]1C(C=O)N(Cc2ccc3c(N)ccnc3c2)CCN1Cc1cc2cc(Cl)ccc2[nH]1. The lowest BCUT2D eigenvalue weighted by molar-refractivity contribution is -0.117. The maximum absolute atomic E-state index is 12.1. The molecule has 3 heterocycles. The van der Waals surface area contributed by atoms with Crippen molar-refractivity contribution in [2.75, 3.05) is 18.8 Å². The van der Waals surface area contributed by atoms with Crippen LogP contribution in [0.15, 0.2) is 54.7 Å². The number of nitrogen functional groups attached to an aromatic ring is 1. The van der Waals surface area contributed by atoms with Crippen LogP contribution in [0.3, 0.4) is 0 Å². The highest BCUT2D eigenvalue weighted by Gasteiger charge is 2.33. The Kier molecular flexibility index (Phi) is 5.59. The van der Waals surface area contributed by atoms with Gasteiger partial charge < -0.3 is 15.5 Å². The maximum atomic E-state index is 12.1. The largest absolute Gasteiger partial charge is 0.398 e. The summed E-state index contributed by atoms with van der Waals surface area (Å²) in [6, 6.07) is 15.9. The van der Waals surface area contributed by atoms with Gasteiger partial charge >= 0.3 is 0 Å². The summed E-state index contributed by atoms with van der Waals surface area (Å²) in [5.74, 6) is 0. The van der Waals surface area contributed by atoms with E-state index in [1.165, 1.54) is 0 Å². The van der Waals surface area contributed by atoms with E-state index in [1.807, 2.05) is 30.3 Å². The molecule has 2 atom stereocenters. The van der Waals surface area contributed by atoms with Gasteiger partial charge in [-0.15, -0.1) is 0 Å². The Hall–Kier alpha value is -2.93. The van der Waals surface area contributed by atoms with Gasteiger partial charge in [0.2, 0.25) is 0 Å². The number of pyridine rings is 1. The van der Waals surface area contributed by atoms with E-state index in [1.54, 1.807) is 6.20 Å². The zero-order chi connectivity index (χ0) is 22.2. The average Bonchev–Trinajstić information content (AvgIpc) is 3.17. The summed E-state index contributed by atoms with van der Waals surface area (Å²) in [5.41, 5.74) is 11.0. The smallest absolute Gasteiger partial charge is 0.138 e. The van der Waals surface area contributed by atoms with E-state index >= 15 is 0 Å². The number of carbonyl (C=O) groups excluding carboxylic acids is 1. The van der Waals surface area contributed by atoms with E-state index in [-0.39, 0.29) is 12.1 Å². The predicted molar refractivity (Wildman–Crippen MR) is 130 cm³/mol. The molecule has 4 aromatic rings. The monoisotopic (exact) mass is 447 g/mol. The average molecular weight is 448 g/mol. The second-order valence-corrected chi connectivity index (χ2v) is 9.02. The number of nitrogens with two attached hydrogens (primary N) is 1. The van der Waals surface area contributed by atoms with Crippen LogP contribution in [-0.4, -0.2) is 51.2 Å². The number of benzene rings is 2. The van der Waals surface area contributed by atoms with Crippen molar-refractivity contribution in [1.29, 1.82) is 0 Å². The molecule has 5 rings (SSSR count). The molecule has 2 aromatic heterocycles. The fourth-order valence-corrected chi connectivity index (χ4v) is 4.93. The van der Waals surface area contributed by atoms with Gasteiger partial charge in [-0.25, -0.2) is 0 Å². The molecule has 32 heavy (non-hydrogen) atoms. The van der Waals surface area contributed by atoms with Crippen molar-refractivity contribution >= 4 is 45.4 Å². The van der Waals surface area contributed by atoms with E-state index < -0.39 is 0 Å². The fraction of sp³-hybridized carbons (Fsp3) is 0.280. The van der Waals surface area contributed by atoms with Gasteiger partial charge in [0.1, 0.15) is 6.29 Å². The van der Waals surface area contributed by atoms with Crippen molar-refractivity contribution in [3.8, 4) is 0 Å². The van der Waals surface area contributed by atoms with Crippen LogP contribution < -0.4 is 5.73 Å². The van der Waals surface area contributed by atoms with Gasteiger partial charge in [0, 0.05) is 71.1 Å². The van der Waals surface area contributed by atoms with Crippen molar-refractivity contribution < 1.29 is 4.79 Å². The van der Waals surface area contributed by atoms with Crippen molar-refractivity contribution in [2.45, 2.75) is 32.1 Å². The molecule has 0 aliphatic carbocycles. The molecule has 1 aliphatic rings. The summed E-state index contributed by atoms with van der Waals surface area (Å²) >= 11 is 6.12. The molecule has 2 aromatic carbocycles. The molecule has 7 heteroatoms. The third-order valence-corrected chi connectivity index (χ3v) is 6.78. The van der Waals surface area contributed by atoms with E-state index in [4.69, 9.17) is 17.3 Å². The first-order valence-electron chi connectivity index (χ1n) is 10.9. The molecule has 164 valence electrons. The second kappa shape index (κ2) is 8.54. The predicted octanol–water partition coefficient (Wildman–Crippen LogP) is 4.23. The molecule has 1 fully saturated rings.